The van der Waals surface area contributed by atoms with Crippen molar-refractivity contribution in [2.24, 2.45) is 0 Å². The monoisotopic (exact) mass is 210 g/mol. The summed E-state index contributed by atoms with van der Waals surface area (Å²) in [7, 11) is 0. The molecule has 2 heterocycles. The van der Waals surface area contributed by atoms with Gasteiger partial charge in [0.25, 0.3) is 0 Å². The van der Waals surface area contributed by atoms with E-state index in [1.807, 2.05) is 24.3 Å². The molecular formula is C10H6FeN2. The van der Waals surface area contributed by atoms with Gasteiger partial charge in [0.15, 0.2) is 0 Å². The molecular weight excluding hydrogens is 204 g/mol. The summed E-state index contributed by atoms with van der Waals surface area (Å²) in [6, 6.07) is 13.2. The topological polar surface area (TPSA) is 25.8 Å². The van der Waals surface area contributed by atoms with E-state index in [2.05, 4.69) is 22.1 Å². The van der Waals surface area contributed by atoms with Crippen LogP contribution in [-0.4, -0.2) is 9.97 Å². The van der Waals surface area contributed by atoms with Crippen molar-refractivity contribution in [3.05, 3.63) is 48.8 Å². The molecule has 0 aliphatic rings. The average molecular weight is 210 g/mol. The summed E-state index contributed by atoms with van der Waals surface area (Å²) in [5, 5.41) is 0. The number of rotatable bonds is 1. The minimum atomic E-state index is 0. The van der Waals surface area contributed by atoms with E-state index in [1.165, 1.54) is 0 Å². The molecule has 0 saturated heterocycles. The molecule has 0 aliphatic heterocycles. The molecule has 13 heavy (non-hydrogen) atoms. The van der Waals surface area contributed by atoms with E-state index in [0.29, 0.717) is 0 Å². The Morgan fingerprint density at radius 1 is 0.846 bits per heavy atom. The van der Waals surface area contributed by atoms with Crippen molar-refractivity contribution < 1.29 is 17.1 Å². The maximum absolute atomic E-state index is 4.10. The van der Waals surface area contributed by atoms with Crippen LogP contribution in [0.4, 0.5) is 0 Å². The van der Waals surface area contributed by atoms with E-state index in [9.17, 15) is 0 Å². The van der Waals surface area contributed by atoms with Crippen LogP contribution >= 0.6 is 0 Å². The first-order valence-corrected chi connectivity index (χ1v) is 3.62. The van der Waals surface area contributed by atoms with Crippen molar-refractivity contribution in [3.63, 3.8) is 0 Å². The van der Waals surface area contributed by atoms with Crippen LogP contribution in [0.15, 0.2) is 36.7 Å². The Balaban J connectivity index is 0.000000845. The van der Waals surface area contributed by atoms with Gasteiger partial charge in [-0.25, -0.2) is 12.1 Å². The predicted molar refractivity (Wildman–Crippen MR) is 45.1 cm³/mol. The van der Waals surface area contributed by atoms with Crippen LogP contribution in [0.5, 0.6) is 0 Å². The Bertz CT molecular complexity index is 310. The van der Waals surface area contributed by atoms with Gasteiger partial charge < -0.3 is 9.97 Å². The van der Waals surface area contributed by atoms with Crippen molar-refractivity contribution in [3.8, 4) is 11.4 Å². The third-order valence-electron chi connectivity index (χ3n) is 1.44. The predicted octanol–water partition coefficient (Wildman–Crippen LogP) is 1.74. The van der Waals surface area contributed by atoms with E-state index >= 15 is 0 Å². The zero-order valence-corrected chi connectivity index (χ0v) is 7.82. The normalized spacial score (nSPS) is 8.92. The van der Waals surface area contributed by atoms with Crippen LogP contribution in [0.25, 0.3) is 11.4 Å². The molecule has 64 valence electrons. The summed E-state index contributed by atoms with van der Waals surface area (Å²) in [4.78, 5) is 8.20. The first-order chi connectivity index (χ1) is 5.97. The standard InChI is InChI=1S/C10H6N2.Fe/c1-3-7-11-9(5-1)10-6-2-4-8-12-10;/h1-4,7-8H;/q-2;+2. The fourth-order valence-corrected chi connectivity index (χ4v) is 0.909. The van der Waals surface area contributed by atoms with Crippen LogP contribution in [0.2, 0.25) is 0 Å². The third kappa shape index (κ3) is 2.38. The molecule has 0 bridgehead atoms. The van der Waals surface area contributed by atoms with Crippen LogP contribution < -0.4 is 0 Å². The summed E-state index contributed by atoms with van der Waals surface area (Å²) in [6.45, 7) is 0. The minimum Gasteiger partial charge on any atom is -0.357 e. The molecule has 2 nitrogen and oxygen atoms in total. The van der Waals surface area contributed by atoms with Gasteiger partial charge in [0.1, 0.15) is 0 Å². The molecule has 0 atom stereocenters. The largest absolute Gasteiger partial charge is 2.00 e. The van der Waals surface area contributed by atoms with Crippen molar-refractivity contribution >= 4 is 0 Å². The van der Waals surface area contributed by atoms with Gasteiger partial charge in [-0.1, -0.05) is 0 Å². The van der Waals surface area contributed by atoms with Crippen LogP contribution in [0.1, 0.15) is 0 Å². The Morgan fingerprint density at radius 2 is 1.31 bits per heavy atom. The second-order valence-corrected chi connectivity index (χ2v) is 2.26. The van der Waals surface area contributed by atoms with Gasteiger partial charge in [0.05, 0.1) is 0 Å². The summed E-state index contributed by atoms with van der Waals surface area (Å²) < 4.78 is 0. The van der Waals surface area contributed by atoms with Gasteiger partial charge in [-0.2, -0.15) is 12.1 Å². The molecule has 3 heteroatoms. The fourth-order valence-electron chi connectivity index (χ4n) is 0.909. The van der Waals surface area contributed by atoms with Crippen molar-refractivity contribution in [1.29, 1.82) is 0 Å². The number of nitrogens with zero attached hydrogens (tertiary/aromatic N) is 2. The summed E-state index contributed by atoms with van der Waals surface area (Å²) in [5.74, 6) is 0. The SMILES string of the molecule is [Fe+2].[c-]1cccnc1-c1[c-]cccn1. The van der Waals surface area contributed by atoms with Gasteiger partial charge in [-0.3, -0.25) is 0 Å². The molecule has 0 radical (unpaired) electrons. The first kappa shape index (κ1) is 9.90. The molecule has 2 aromatic rings. The Labute approximate surface area is 87.5 Å². The quantitative estimate of drug-likeness (QED) is 0.529. The van der Waals surface area contributed by atoms with Gasteiger partial charge in [-0.05, 0) is 12.4 Å². The summed E-state index contributed by atoms with van der Waals surface area (Å²) >= 11 is 0. The average Bonchev–Trinajstić information content (AvgIpc) is 2.21. The number of aromatic nitrogens is 2. The van der Waals surface area contributed by atoms with Crippen LogP contribution in [0.3, 0.4) is 0 Å². The Hall–Kier alpha value is -1.18. The van der Waals surface area contributed by atoms with Crippen molar-refractivity contribution in [1.82, 2.24) is 9.97 Å². The molecule has 0 fully saturated rings. The second kappa shape index (κ2) is 4.75. The van der Waals surface area contributed by atoms with E-state index in [4.69, 9.17) is 0 Å². The molecule has 0 N–H and O–H groups in total. The van der Waals surface area contributed by atoms with E-state index in [-0.39, 0.29) is 17.1 Å². The molecule has 0 saturated carbocycles. The number of pyridine rings is 2. The molecule has 2 rings (SSSR count). The van der Waals surface area contributed by atoms with Crippen LogP contribution in [-0.2, 0) is 17.1 Å². The Morgan fingerprint density at radius 3 is 1.62 bits per heavy atom. The molecule has 0 unspecified atom stereocenters. The summed E-state index contributed by atoms with van der Waals surface area (Å²) in [5.41, 5.74) is 1.47. The smallest absolute Gasteiger partial charge is 0.357 e. The molecule has 0 spiro atoms. The maximum atomic E-state index is 4.10. The van der Waals surface area contributed by atoms with Gasteiger partial charge in [-0.15, -0.1) is 23.5 Å². The summed E-state index contributed by atoms with van der Waals surface area (Å²) in [6.07, 6.45) is 3.43. The third-order valence-corrected chi connectivity index (χ3v) is 1.44. The van der Waals surface area contributed by atoms with Gasteiger partial charge in [0.2, 0.25) is 0 Å². The van der Waals surface area contributed by atoms with Crippen molar-refractivity contribution in [2.45, 2.75) is 0 Å². The number of hydrogen-bond donors (Lipinski definition) is 0. The maximum Gasteiger partial charge on any atom is 2.00 e. The fraction of sp³-hybridized carbons (Fsp3) is 0. The van der Waals surface area contributed by atoms with E-state index in [0.717, 1.165) is 11.4 Å². The molecule has 0 aliphatic carbocycles. The molecule has 0 aromatic carbocycles. The first-order valence-electron chi connectivity index (χ1n) is 3.62. The molecule has 2 aromatic heterocycles. The van der Waals surface area contributed by atoms with E-state index in [1.54, 1.807) is 12.4 Å². The number of hydrogen-bond acceptors (Lipinski definition) is 2. The van der Waals surface area contributed by atoms with E-state index < -0.39 is 0 Å². The Kier molecular flexibility index (Phi) is 3.62. The minimum absolute atomic E-state index is 0. The van der Waals surface area contributed by atoms with Crippen LogP contribution in [0, 0.1) is 12.1 Å². The van der Waals surface area contributed by atoms with Crippen molar-refractivity contribution in [2.75, 3.05) is 0 Å². The second-order valence-electron chi connectivity index (χ2n) is 2.26. The molecule has 0 amide bonds. The van der Waals surface area contributed by atoms with Gasteiger partial charge in [0, 0.05) is 0 Å². The van der Waals surface area contributed by atoms with Gasteiger partial charge >= 0.3 is 17.1 Å². The zero-order valence-electron chi connectivity index (χ0n) is 6.71. The zero-order chi connectivity index (χ0) is 8.23.